The van der Waals surface area contributed by atoms with Crippen LogP contribution in [0.5, 0.6) is 0 Å². The number of nitrogens with one attached hydrogen (secondary N) is 1. The number of hydrogen-bond donors (Lipinski definition) is 4. The Bertz CT molecular complexity index is 3410. The van der Waals surface area contributed by atoms with E-state index in [9.17, 15) is 4.79 Å². The van der Waals surface area contributed by atoms with Gasteiger partial charge in [0.25, 0.3) is 5.97 Å². The van der Waals surface area contributed by atoms with E-state index in [1.54, 1.807) is 32.4 Å². The molecule has 0 saturated heterocycles. The molecule has 9 aromatic rings. The summed E-state index contributed by atoms with van der Waals surface area (Å²) >= 11 is 33.2. The third-order valence-electron chi connectivity index (χ3n) is 9.01. The molecule has 22 nitrogen and oxygen atoms in total. The van der Waals surface area contributed by atoms with Crippen molar-refractivity contribution in [2.24, 2.45) is 5.73 Å². The van der Waals surface area contributed by atoms with Gasteiger partial charge in [0.1, 0.15) is 47.5 Å². The number of nitrogens with two attached hydrogens (primary N) is 2. The number of carboxylic acid groups (broad SMARTS) is 1. The number of rotatable bonds is 3. The highest BCUT2D eigenvalue weighted by Gasteiger charge is 2.12. The van der Waals surface area contributed by atoms with Crippen LogP contribution in [0.15, 0.2) is 43.4 Å². The minimum atomic E-state index is -0.833. The SMILES string of the molecule is C.C.C.C.C.C.C.CC(=O)NCc1ncc(C)nc1Cl.CC(=O)O.Cc1cn2c(C)nc(I)c2c(Cl)n1.Cc1cn2c(C)nc(I)c2c(N)n1.Cc1cn2c(C)ncc2c(Cl)n1.Cc1cnc(C#N)c(Cl)n1.Cc1cnc(CN)c(Cl)n1. The van der Waals surface area contributed by atoms with Gasteiger partial charge in [0.2, 0.25) is 5.91 Å². The summed E-state index contributed by atoms with van der Waals surface area (Å²) in [5.41, 5.74) is 20.2. The van der Waals surface area contributed by atoms with Gasteiger partial charge in [0.05, 0.1) is 58.3 Å². The molecule has 9 aromatic heterocycles. The molecule has 9 heterocycles. The van der Waals surface area contributed by atoms with Crippen LogP contribution in [0.2, 0.25) is 25.8 Å². The maximum atomic E-state index is 10.6. The van der Waals surface area contributed by atoms with Gasteiger partial charge < -0.3 is 21.9 Å². The fourth-order valence-electron chi connectivity index (χ4n) is 5.76. The molecular formula is C53H78Cl5I2N19O3. The Morgan fingerprint density at radius 3 is 1.38 bits per heavy atom. The molecule has 0 fully saturated rings. The van der Waals surface area contributed by atoms with Crippen molar-refractivity contribution < 1.29 is 14.7 Å². The third kappa shape index (κ3) is 26.2. The summed E-state index contributed by atoms with van der Waals surface area (Å²) in [6.07, 6.45) is 12.3. The number of imidazole rings is 3. The van der Waals surface area contributed by atoms with E-state index < -0.39 is 5.97 Å². The third-order valence-corrected chi connectivity index (χ3v) is 11.9. The van der Waals surface area contributed by atoms with Gasteiger partial charge in [0.15, 0.2) is 37.3 Å². The van der Waals surface area contributed by atoms with E-state index in [1.807, 2.05) is 86.3 Å². The van der Waals surface area contributed by atoms with Gasteiger partial charge in [-0.3, -0.25) is 32.8 Å². The summed E-state index contributed by atoms with van der Waals surface area (Å²) in [5.74, 6) is 2.41. The maximum absolute atomic E-state index is 10.6. The second-order valence-corrected chi connectivity index (χ2v) is 19.2. The van der Waals surface area contributed by atoms with Gasteiger partial charge >= 0.3 is 0 Å². The van der Waals surface area contributed by atoms with Gasteiger partial charge in [-0.15, -0.1) is 0 Å². The summed E-state index contributed by atoms with van der Waals surface area (Å²) < 4.78 is 7.67. The summed E-state index contributed by atoms with van der Waals surface area (Å²) in [6.45, 7) is 20.2. The van der Waals surface area contributed by atoms with E-state index >= 15 is 0 Å². The van der Waals surface area contributed by atoms with Crippen molar-refractivity contribution in [2.45, 2.75) is 141 Å². The molecule has 0 atom stereocenters. The smallest absolute Gasteiger partial charge is 0.300 e. The molecule has 0 aliphatic carbocycles. The number of carbonyl (C=O) groups is 2. The molecule has 0 unspecified atom stereocenters. The predicted octanol–water partition coefficient (Wildman–Crippen LogP) is 14.0. The number of anilines is 1. The van der Waals surface area contributed by atoms with Crippen LogP contribution in [-0.2, 0) is 22.7 Å². The molecule has 82 heavy (non-hydrogen) atoms. The summed E-state index contributed by atoms with van der Waals surface area (Å²) in [5, 5.41) is 20.3. The quantitative estimate of drug-likeness (QED) is 0.119. The first-order valence-corrected chi connectivity index (χ1v) is 25.6. The van der Waals surface area contributed by atoms with Gasteiger partial charge in [0, 0.05) is 57.6 Å². The van der Waals surface area contributed by atoms with Crippen LogP contribution in [0, 0.1) is 81.0 Å². The molecule has 0 saturated carbocycles. The lowest BCUT2D eigenvalue weighted by Gasteiger charge is -2.03. The Morgan fingerprint density at radius 1 is 0.549 bits per heavy atom. The van der Waals surface area contributed by atoms with Crippen LogP contribution in [0.3, 0.4) is 0 Å². The lowest BCUT2D eigenvalue weighted by atomic mass is 10.4. The van der Waals surface area contributed by atoms with E-state index in [2.05, 4.69) is 110 Å². The molecule has 1 amide bonds. The number of nitrogen functional groups attached to an aromatic ring is 1. The first kappa shape index (κ1) is 85.0. The Kier molecular flexibility index (Phi) is 41.9. The number of fused-ring (bicyclic) bond motifs is 3. The van der Waals surface area contributed by atoms with E-state index in [-0.39, 0.29) is 68.7 Å². The van der Waals surface area contributed by atoms with Crippen molar-refractivity contribution in [1.82, 2.24) is 78.3 Å². The molecule has 6 N–H and O–H groups in total. The molecule has 0 bridgehead atoms. The van der Waals surface area contributed by atoms with E-state index in [4.69, 9.17) is 84.6 Å². The predicted molar refractivity (Wildman–Crippen MR) is 353 cm³/mol. The molecule has 0 aromatic carbocycles. The molecule has 452 valence electrons. The fraction of sp³-hybridized carbons (Fsp3) is 0.377. The first-order chi connectivity index (χ1) is 35.2. The first-order valence-electron chi connectivity index (χ1n) is 21.6. The molecule has 0 aliphatic rings. The molecule has 9 rings (SSSR count). The van der Waals surface area contributed by atoms with Crippen molar-refractivity contribution in [1.29, 1.82) is 5.26 Å². The van der Waals surface area contributed by atoms with E-state index in [1.165, 1.54) is 13.1 Å². The number of amides is 1. The van der Waals surface area contributed by atoms with Crippen LogP contribution in [0.1, 0.15) is 135 Å². The van der Waals surface area contributed by atoms with E-state index in [0.717, 1.165) is 76.8 Å². The number of hydrogen-bond acceptors (Lipinski definition) is 17. The Hall–Kier alpha value is -5.80. The minimum Gasteiger partial charge on any atom is -0.481 e. The van der Waals surface area contributed by atoms with Gasteiger partial charge in [-0.05, 0) is 107 Å². The number of aliphatic carboxylic acids is 1. The highest BCUT2D eigenvalue weighted by atomic mass is 127. The van der Waals surface area contributed by atoms with Crippen molar-refractivity contribution >= 4 is 137 Å². The van der Waals surface area contributed by atoms with Gasteiger partial charge in [-0.2, -0.15) is 5.26 Å². The van der Waals surface area contributed by atoms with Crippen molar-refractivity contribution in [3.63, 3.8) is 0 Å². The summed E-state index contributed by atoms with van der Waals surface area (Å²) in [4.78, 5) is 68.4. The average Bonchev–Trinajstić information content (AvgIpc) is 3.93. The Balaban J connectivity index is -0.000000281. The molecule has 29 heteroatoms. The highest BCUT2D eigenvalue weighted by molar-refractivity contribution is 14.1. The van der Waals surface area contributed by atoms with E-state index in [0.29, 0.717) is 56.6 Å². The van der Waals surface area contributed by atoms with Crippen LogP contribution in [0.4, 0.5) is 5.82 Å². The molecule has 0 radical (unpaired) electrons. The maximum Gasteiger partial charge on any atom is 0.300 e. The zero-order valence-electron chi connectivity index (χ0n) is 42.2. The number of nitriles is 1. The van der Waals surface area contributed by atoms with Gasteiger partial charge in [-0.1, -0.05) is 110 Å². The van der Waals surface area contributed by atoms with Crippen LogP contribution in [0.25, 0.3) is 16.6 Å². The number of halogens is 7. The number of aryl methyl sites for hydroxylation is 9. The largest absolute Gasteiger partial charge is 0.481 e. The molecular weight excluding hydrogens is 1380 g/mol. The second kappa shape index (κ2) is 40.4. The van der Waals surface area contributed by atoms with Crippen LogP contribution < -0.4 is 16.8 Å². The standard InChI is InChI=1S/C8H7ClIN3.C8H10ClN3O.C8H8ClN3.C8H9IN4.C6H8ClN3.C6H4ClN3.C2H4O2.7CH4/c1-4-3-13-5(2)12-8(10)6(13)7(9)11-4;1-5-3-11-7(8(9)12-5)4-10-6(2)13;1-5-4-12-6(2)10-3-7(12)8(9)11-5;1-4-3-13-5(2)12-7(9)6(13)8(10)11-4;2*1-4-3-9-5(2-8)6(7)10-4;1-2(3)4;;;;;;;/h3H,1-2H3;3H,4H2,1-2H3,(H,10,13);3-4H,1-2H3;3H,1-2H3,(H2,10,11);3H,2,8H2,1H3;3H,1H3;1H3,(H,3,4);7*1H4. The zero-order valence-corrected chi connectivity index (χ0v) is 50.3. The molecule has 0 spiro atoms. The number of nitrogens with zero attached hydrogens (tertiary/aromatic N) is 16. The lowest BCUT2D eigenvalue weighted by molar-refractivity contribution is -0.134. The zero-order chi connectivity index (χ0) is 56.4. The summed E-state index contributed by atoms with van der Waals surface area (Å²) in [6, 6.07) is 1.82. The van der Waals surface area contributed by atoms with Crippen LogP contribution >= 0.6 is 103 Å². The van der Waals surface area contributed by atoms with Crippen molar-refractivity contribution in [2.75, 3.05) is 5.73 Å². The lowest BCUT2D eigenvalue weighted by Crippen LogP contribution is -2.20. The minimum absolute atomic E-state index is 0. The van der Waals surface area contributed by atoms with Crippen molar-refractivity contribution in [3.8, 4) is 6.07 Å². The normalized spacial score (nSPS) is 9.24. The fourth-order valence-corrected chi connectivity index (χ4v) is 8.99. The topological polar surface area (TPSA) is 310 Å². The summed E-state index contributed by atoms with van der Waals surface area (Å²) in [7, 11) is 0. The number of carboxylic acids is 1. The van der Waals surface area contributed by atoms with Gasteiger partial charge in [-0.25, -0.2) is 49.8 Å². The highest BCUT2D eigenvalue weighted by Crippen LogP contribution is 2.23. The number of aromatic nitrogens is 15. The number of carbonyl (C=O) groups excluding carboxylic acids is 1. The molecule has 0 aliphatic heterocycles. The van der Waals surface area contributed by atoms with Crippen molar-refractivity contribution in [3.05, 3.63) is 145 Å². The monoisotopic (exact) mass is 1460 g/mol. The Morgan fingerprint density at radius 2 is 0.939 bits per heavy atom. The van der Waals surface area contributed by atoms with Crippen LogP contribution in [-0.4, -0.2) is 90.0 Å². The average molecular weight is 1460 g/mol. The Labute approximate surface area is 535 Å². The second-order valence-electron chi connectivity index (χ2n) is 15.4.